The van der Waals surface area contributed by atoms with Crippen LogP contribution in [0.5, 0.6) is 0 Å². The highest BCUT2D eigenvalue weighted by Gasteiger charge is 2.33. The number of hydrogen-bond acceptors (Lipinski definition) is 2. The second-order valence-electron chi connectivity index (χ2n) is 7.53. The molecular formula is C17H34N4. The molecule has 1 saturated carbocycles. The maximum atomic E-state index is 4.51. The van der Waals surface area contributed by atoms with Gasteiger partial charge in [0.25, 0.3) is 0 Å². The molecule has 2 aliphatic rings. The molecule has 0 amide bonds. The summed E-state index contributed by atoms with van der Waals surface area (Å²) < 4.78 is 0. The topological polar surface area (TPSA) is 30.9 Å². The zero-order valence-corrected chi connectivity index (χ0v) is 14.6. The zero-order valence-electron chi connectivity index (χ0n) is 14.6. The molecule has 4 heteroatoms. The average Bonchev–Trinajstić information content (AvgIpc) is 3.14. The molecule has 122 valence electrons. The van der Waals surface area contributed by atoms with Crippen LogP contribution in [-0.4, -0.2) is 62.6 Å². The maximum Gasteiger partial charge on any atom is 0.193 e. The highest BCUT2D eigenvalue weighted by molar-refractivity contribution is 5.80. The molecule has 2 atom stereocenters. The minimum atomic E-state index is 0.649. The Hall–Kier alpha value is -0.770. The van der Waals surface area contributed by atoms with Crippen molar-refractivity contribution in [2.24, 2.45) is 22.7 Å². The third-order valence-corrected chi connectivity index (χ3v) is 4.90. The van der Waals surface area contributed by atoms with Gasteiger partial charge >= 0.3 is 0 Å². The molecule has 2 fully saturated rings. The summed E-state index contributed by atoms with van der Waals surface area (Å²) in [6.45, 7) is 8.01. The van der Waals surface area contributed by atoms with Gasteiger partial charge in [-0.1, -0.05) is 13.8 Å². The molecule has 1 aliphatic carbocycles. The predicted octanol–water partition coefficient (Wildman–Crippen LogP) is 2.27. The van der Waals surface area contributed by atoms with Gasteiger partial charge in [-0.15, -0.1) is 0 Å². The summed E-state index contributed by atoms with van der Waals surface area (Å²) in [4.78, 5) is 9.32. The van der Waals surface area contributed by atoms with E-state index < -0.39 is 0 Å². The molecule has 0 aromatic carbocycles. The Labute approximate surface area is 131 Å². The molecule has 4 nitrogen and oxygen atoms in total. The van der Waals surface area contributed by atoms with Crippen LogP contribution >= 0.6 is 0 Å². The number of nitrogens with zero attached hydrogens (tertiary/aromatic N) is 3. The molecule has 1 N–H and O–H groups in total. The van der Waals surface area contributed by atoms with Gasteiger partial charge in [-0.25, -0.2) is 0 Å². The summed E-state index contributed by atoms with van der Waals surface area (Å²) in [6, 6.07) is 0.649. The first kappa shape index (κ1) is 16.6. The van der Waals surface area contributed by atoms with Gasteiger partial charge in [0.15, 0.2) is 5.96 Å². The Morgan fingerprint density at radius 1 is 1.29 bits per heavy atom. The summed E-state index contributed by atoms with van der Waals surface area (Å²) in [7, 11) is 6.31. The fourth-order valence-electron chi connectivity index (χ4n) is 3.66. The molecule has 0 spiro atoms. The van der Waals surface area contributed by atoms with Crippen molar-refractivity contribution >= 4 is 5.96 Å². The summed E-state index contributed by atoms with van der Waals surface area (Å²) in [5, 5.41) is 3.62. The lowest BCUT2D eigenvalue weighted by atomic mass is 9.97. The van der Waals surface area contributed by atoms with E-state index in [9.17, 15) is 0 Å². The van der Waals surface area contributed by atoms with E-state index in [0.717, 1.165) is 36.8 Å². The SMILES string of the molecule is CN=C(NCC(C1CC1)N(C)C)N1CCC(CC(C)C)C1. The highest BCUT2D eigenvalue weighted by Crippen LogP contribution is 2.34. The van der Waals surface area contributed by atoms with Gasteiger partial charge < -0.3 is 15.1 Å². The Bertz CT molecular complexity index is 345. The fraction of sp³-hybridized carbons (Fsp3) is 0.941. The quantitative estimate of drug-likeness (QED) is 0.602. The van der Waals surface area contributed by atoms with Crippen LogP contribution in [0.25, 0.3) is 0 Å². The molecule has 1 heterocycles. The number of nitrogens with one attached hydrogen (secondary N) is 1. The number of rotatable bonds is 6. The summed E-state index contributed by atoms with van der Waals surface area (Å²) in [5.41, 5.74) is 0. The Balaban J connectivity index is 1.80. The monoisotopic (exact) mass is 294 g/mol. The van der Waals surface area contributed by atoms with Crippen molar-refractivity contribution in [1.82, 2.24) is 15.1 Å². The van der Waals surface area contributed by atoms with E-state index in [1.54, 1.807) is 0 Å². The van der Waals surface area contributed by atoms with E-state index in [1.165, 1.54) is 32.2 Å². The molecule has 2 unspecified atom stereocenters. The molecule has 0 bridgehead atoms. The molecule has 1 aliphatic heterocycles. The van der Waals surface area contributed by atoms with Crippen molar-refractivity contribution < 1.29 is 0 Å². The van der Waals surface area contributed by atoms with Crippen LogP contribution in [0.1, 0.15) is 39.5 Å². The van der Waals surface area contributed by atoms with Crippen LogP contribution in [0.3, 0.4) is 0 Å². The smallest absolute Gasteiger partial charge is 0.193 e. The lowest BCUT2D eigenvalue weighted by molar-refractivity contribution is 0.261. The second-order valence-corrected chi connectivity index (χ2v) is 7.53. The van der Waals surface area contributed by atoms with Gasteiger partial charge in [-0.2, -0.15) is 0 Å². The standard InChI is InChI=1S/C17H34N4/c1-13(2)10-14-8-9-21(12-14)17(18-3)19-11-16(20(4)5)15-6-7-15/h13-16H,6-12H2,1-5H3,(H,18,19). The molecule has 0 radical (unpaired) electrons. The maximum absolute atomic E-state index is 4.51. The van der Waals surface area contributed by atoms with E-state index in [2.05, 4.69) is 48.1 Å². The van der Waals surface area contributed by atoms with Crippen molar-refractivity contribution in [2.45, 2.75) is 45.6 Å². The number of likely N-dealkylation sites (N-methyl/N-ethyl adjacent to an activating group) is 1. The highest BCUT2D eigenvalue weighted by atomic mass is 15.3. The van der Waals surface area contributed by atoms with Crippen molar-refractivity contribution in [3.8, 4) is 0 Å². The molecule has 21 heavy (non-hydrogen) atoms. The molecular weight excluding hydrogens is 260 g/mol. The van der Waals surface area contributed by atoms with Crippen LogP contribution in [0.4, 0.5) is 0 Å². The van der Waals surface area contributed by atoms with Gasteiger partial charge in [0.1, 0.15) is 0 Å². The first-order valence-electron chi connectivity index (χ1n) is 8.63. The summed E-state index contributed by atoms with van der Waals surface area (Å²) >= 11 is 0. The van der Waals surface area contributed by atoms with E-state index >= 15 is 0 Å². The van der Waals surface area contributed by atoms with Crippen LogP contribution in [0, 0.1) is 17.8 Å². The first-order chi connectivity index (χ1) is 10.0. The minimum absolute atomic E-state index is 0.649. The van der Waals surface area contributed by atoms with Crippen molar-refractivity contribution in [3.63, 3.8) is 0 Å². The van der Waals surface area contributed by atoms with Gasteiger partial charge in [0.2, 0.25) is 0 Å². The number of aliphatic imine (C=N–C) groups is 1. The number of hydrogen-bond donors (Lipinski definition) is 1. The van der Waals surface area contributed by atoms with Crippen molar-refractivity contribution in [2.75, 3.05) is 40.8 Å². The zero-order chi connectivity index (χ0) is 15.4. The first-order valence-corrected chi connectivity index (χ1v) is 8.63. The largest absolute Gasteiger partial charge is 0.355 e. The summed E-state index contributed by atoms with van der Waals surface area (Å²) in [6.07, 6.45) is 5.45. The van der Waals surface area contributed by atoms with Gasteiger partial charge in [-0.05, 0) is 57.5 Å². The van der Waals surface area contributed by atoms with Gasteiger partial charge in [0.05, 0.1) is 0 Å². The van der Waals surface area contributed by atoms with Gasteiger partial charge in [-0.3, -0.25) is 4.99 Å². The van der Waals surface area contributed by atoms with Crippen LogP contribution < -0.4 is 5.32 Å². The lowest BCUT2D eigenvalue weighted by Crippen LogP contribution is -2.47. The van der Waals surface area contributed by atoms with E-state index in [4.69, 9.17) is 0 Å². The van der Waals surface area contributed by atoms with Crippen molar-refractivity contribution in [1.29, 1.82) is 0 Å². The number of guanidine groups is 1. The van der Waals surface area contributed by atoms with E-state index in [-0.39, 0.29) is 0 Å². The molecule has 0 aromatic heterocycles. The van der Waals surface area contributed by atoms with E-state index in [0.29, 0.717) is 6.04 Å². The fourth-order valence-corrected chi connectivity index (χ4v) is 3.66. The summed E-state index contributed by atoms with van der Waals surface area (Å²) in [5.74, 6) is 3.64. The molecule has 1 saturated heterocycles. The Morgan fingerprint density at radius 2 is 2.00 bits per heavy atom. The average molecular weight is 294 g/mol. The normalized spacial score (nSPS) is 25.0. The Kier molecular flexibility index (Phi) is 5.91. The molecule has 2 rings (SSSR count). The molecule has 0 aromatic rings. The third-order valence-electron chi connectivity index (χ3n) is 4.90. The van der Waals surface area contributed by atoms with Crippen molar-refractivity contribution in [3.05, 3.63) is 0 Å². The van der Waals surface area contributed by atoms with Crippen LogP contribution in [-0.2, 0) is 0 Å². The van der Waals surface area contributed by atoms with Crippen LogP contribution in [0.2, 0.25) is 0 Å². The Morgan fingerprint density at radius 3 is 2.52 bits per heavy atom. The minimum Gasteiger partial charge on any atom is -0.355 e. The van der Waals surface area contributed by atoms with E-state index in [1.807, 2.05) is 7.05 Å². The van der Waals surface area contributed by atoms with Gasteiger partial charge in [0, 0.05) is 32.7 Å². The second kappa shape index (κ2) is 7.48. The number of likely N-dealkylation sites (tertiary alicyclic amines) is 1. The van der Waals surface area contributed by atoms with Crippen LogP contribution in [0.15, 0.2) is 4.99 Å². The predicted molar refractivity (Wildman–Crippen MR) is 90.7 cm³/mol. The lowest BCUT2D eigenvalue weighted by Gasteiger charge is -2.28. The third kappa shape index (κ3) is 4.87.